The quantitative estimate of drug-likeness (QED) is 0.825. The lowest BCUT2D eigenvalue weighted by molar-refractivity contribution is -0.125. The lowest BCUT2D eigenvalue weighted by Gasteiger charge is -2.44. The number of rotatable bonds is 5. The van der Waals surface area contributed by atoms with Gasteiger partial charge < -0.3 is 15.1 Å². The Bertz CT molecular complexity index is 769. The third kappa shape index (κ3) is 4.87. The molecule has 0 saturated carbocycles. The maximum atomic E-state index is 12.8. The number of amides is 1. The van der Waals surface area contributed by atoms with Gasteiger partial charge in [-0.15, -0.1) is 0 Å². The molecule has 6 heteroatoms. The average Bonchev–Trinajstić information content (AvgIpc) is 2.65. The molecule has 2 aromatic rings. The van der Waals surface area contributed by atoms with Crippen LogP contribution in [0.5, 0.6) is 0 Å². The van der Waals surface area contributed by atoms with Gasteiger partial charge in [0, 0.05) is 30.2 Å². The summed E-state index contributed by atoms with van der Waals surface area (Å²) in [6.45, 7) is 1.43. The highest BCUT2D eigenvalue weighted by molar-refractivity contribution is 6.30. The van der Waals surface area contributed by atoms with E-state index in [0.29, 0.717) is 30.1 Å². The van der Waals surface area contributed by atoms with E-state index in [1.807, 2.05) is 42.3 Å². The predicted octanol–water partition coefficient (Wildman–Crippen LogP) is 2.41. The van der Waals surface area contributed by atoms with Crippen LogP contribution >= 0.6 is 11.6 Å². The lowest BCUT2D eigenvalue weighted by Crippen LogP contribution is -2.62. The molecule has 1 aliphatic rings. The molecule has 0 radical (unpaired) electrons. The summed E-state index contributed by atoms with van der Waals surface area (Å²) >= 11 is 5.89. The summed E-state index contributed by atoms with van der Waals surface area (Å²) in [5.74, 6) is -0.164. The van der Waals surface area contributed by atoms with Gasteiger partial charge >= 0.3 is 0 Å². The smallest absolute Gasteiger partial charge is 0.253 e. The number of aliphatic hydroxyl groups excluding tert-OH is 1. The van der Waals surface area contributed by atoms with Crippen LogP contribution in [0.3, 0.4) is 0 Å². The molecule has 5 nitrogen and oxygen atoms in total. The second-order valence-electron chi connectivity index (χ2n) is 7.30. The molecule has 0 aliphatic carbocycles. The first-order chi connectivity index (χ1) is 12.9. The Morgan fingerprint density at radius 3 is 2.56 bits per heavy atom. The molecule has 0 unspecified atom stereocenters. The van der Waals surface area contributed by atoms with Crippen molar-refractivity contribution in [3.05, 3.63) is 70.7 Å². The van der Waals surface area contributed by atoms with E-state index >= 15 is 0 Å². The van der Waals surface area contributed by atoms with Crippen molar-refractivity contribution in [3.63, 3.8) is 0 Å². The molecule has 3 rings (SSSR count). The number of likely N-dealkylation sites (tertiary alicyclic amines) is 1. The number of carbonyl (C=O) groups excluding carboxylic acids is 1. The van der Waals surface area contributed by atoms with Crippen molar-refractivity contribution in [2.24, 2.45) is 0 Å². The predicted molar refractivity (Wildman–Crippen MR) is 106 cm³/mol. The van der Waals surface area contributed by atoms with Crippen LogP contribution in [0.4, 0.5) is 0 Å². The summed E-state index contributed by atoms with van der Waals surface area (Å²) in [5.41, 5.74) is 0.280. The number of hydrogen-bond acceptors (Lipinski definition) is 4. The highest BCUT2D eigenvalue weighted by Gasteiger charge is 2.43. The maximum absolute atomic E-state index is 12.8. The van der Waals surface area contributed by atoms with E-state index < -0.39 is 11.7 Å². The van der Waals surface area contributed by atoms with Gasteiger partial charge in [-0.25, -0.2) is 0 Å². The zero-order valence-corrected chi connectivity index (χ0v) is 16.1. The fourth-order valence-corrected chi connectivity index (χ4v) is 3.71. The summed E-state index contributed by atoms with van der Waals surface area (Å²) in [7, 11) is 1.90. The van der Waals surface area contributed by atoms with Crippen molar-refractivity contribution in [1.29, 1.82) is 0 Å². The number of piperidine rings is 1. The van der Waals surface area contributed by atoms with E-state index in [0.717, 1.165) is 5.56 Å². The Labute approximate surface area is 164 Å². The number of β-amino-alcohol motifs (C(OH)–C–C–N with tert-alkyl or cyclic N) is 1. The summed E-state index contributed by atoms with van der Waals surface area (Å²) in [6.07, 6.45) is -0.528. The number of hydrogen-bond donors (Lipinski definition) is 2. The Morgan fingerprint density at radius 1 is 1.22 bits per heavy atom. The highest BCUT2D eigenvalue weighted by Crippen LogP contribution is 2.25. The van der Waals surface area contributed by atoms with Gasteiger partial charge in [0.1, 0.15) is 5.60 Å². The van der Waals surface area contributed by atoms with Crippen molar-refractivity contribution in [2.75, 3.05) is 26.7 Å². The van der Waals surface area contributed by atoms with Crippen molar-refractivity contribution in [3.8, 4) is 0 Å². The Kier molecular flexibility index (Phi) is 6.17. The molecule has 0 spiro atoms. The van der Waals surface area contributed by atoms with Crippen LogP contribution < -0.4 is 0 Å². The largest absolute Gasteiger partial charge is 0.390 e. The summed E-state index contributed by atoms with van der Waals surface area (Å²) in [5, 5.41) is 22.1. The van der Waals surface area contributed by atoms with E-state index in [-0.39, 0.29) is 19.0 Å². The molecule has 1 saturated heterocycles. The average molecular weight is 389 g/mol. The van der Waals surface area contributed by atoms with Gasteiger partial charge in [-0.2, -0.15) is 0 Å². The van der Waals surface area contributed by atoms with Crippen LogP contribution in [0, 0.1) is 0 Å². The molecule has 2 atom stereocenters. The topological polar surface area (TPSA) is 64.0 Å². The van der Waals surface area contributed by atoms with Crippen molar-refractivity contribution < 1.29 is 15.0 Å². The van der Waals surface area contributed by atoms with E-state index in [9.17, 15) is 15.0 Å². The van der Waals surface area contributed by atoms with Crippen LogP contribution in [0.25, 0.3) is 0 Å². The zero-order valence-electron chi connectivity index (χ0n) is 15.4. The highest BCUT2D eigenvalue weighted by atomic mass is 35.5. The fourth-order valence-electron chi connectivity index (χ4n) is 3.58. The van der Waals surface area contributed by atoms with Crippen molar-refractivity contribution in [1.82, 2.24) is 9.80 Å². The molecule has 0 bridgehead atoms. The van der Waals surface area contributed by atoms with Crippen molar-refractivity contribution >= 4 is 17.5 Å². The van der Waals surface area contributed by atoms with Crippen molar-refractivity contribution in [2.45, 2.75) is 24.7 Å². The molecular weight excluding hydrogens is 364 g/mol. The van der Waals surface area contributed by atoms with Crippen LogP contribution in [0.1, 0.15) is 22.3 Å². The number of likely N-dealkylation sites (N-methyl/N-ethyl adjacent to an activating group) is 1. The molecular formula is C21H25ClN2O3. The molecule has 1 aliphatic heterocycles. The van der Waals surface area contributed by atoms with Crippen LogP contribution in [0.15, 0.2) is 54.6 Å². The van der Waals surface area contributed by atoms with E-state index in [1.54, 1.807) is 29.2 Å². The van der Waals surface area contributed by atoms with Gasteiger partial charge in [0.05, 0.1) is 12.6 Å². The van der Waals surface area contributed by atoms with Crippen LogP contribution in [0.2, 0.25) is 5.02 Å². The Morgan fingerprint density at radius 2 is 1.89 bits per heavy atom. The molecule has 2 N–H and O–H groups in total. The Balaban J connectivity index is 1.67. The molecule has 2 aromatic carbocycles. The number of nitrogens with zero attached hydrogens (tertiary/aromatic N) is 2. The molecule has 27 heavy (non-hydrogen) atoms. The van der Waals surface area contributed by atoms with E-state index in [4.69, 9.17) is 11.6 Å². The van der Waals surface area contributed by atoms with E-state index in [1.165, 1.54) is 0 Å². The maximum Gasteiger partial charge on any atom is 0.253 e. The van der Waals surface area contributed by atoms with Gasteiger partial charge in [-0.1, -0.05) is 41.9 Å². The number of halogens is 1. The monoisotopic (exact) mass is 388 g/mol. The Hall–Kier alpha value is -1.92. The molecule has 0 aromatic heterocycles. The standard InChI is InChI=1S/C21H25ClN2O3/c1-23(13-16-5-3-2-4-6-16)14-21(27)15-24(12-11-19(21)25)20(26)17-7-9-18(22)10-8-17/h2-10,19,25,27H,11-15H2,1H3/t19-,21+/m0/s1. The van der Waals surface area contributed by atoms with Gasteiger partial charge in [0.25, 0.3) is 5.91 Å². The summed E-state index contributed by atoms with van der Waals surface area (Å²) in [4.78, 5) is 16.3. The minimum absolute atomic E-state index is 0.0920. The second-order valence-corrected chi connectivity index (χ2v) is 7.74. The second kappa shape index (κ2) is 8.40. The summed E-state index contributed by atoms with van der Waals surface area (Å²) < 4.78 is 0. The minimum atomic E-state index is -1.37. The van der Waals surface area contributed by atoms with Crippen LogP contribution in [-0.4, -0.2) is 64.3 Å². The number of aliphatic hydroxyl groups is 2. The molecule has 1 fully saturated rings. The molecule has 1 amide bonds. The molecule has 1 heterocycles. The third-order valence-electron chi connectivity index (χ3n) is 4.97. The summed E-state index contributed by atoms with van der Waals surface area (Å²) in [6, 6.07) is 16.7. The molecule has 144 valence electrons. The van der Waals surface area contributed by atoms with Crippen LogP contribution in [-0.2, 0) is 6.54 Å². The third-order valence-corrected chi connectivity index (χ3v) is 5.23. The van der Waals surface area contributed by atoms with E-state index in [2.05, 4.69) is 0 Å². The number of carbonyl (C=O) groups is 1. The minimum Gasteiger partial charge on any atom is -0.390 e. The van der Waals surface area contributed by atoms with Gasteiger partial charge in [-0.3, -0.25) is 9.69 Å². The van der Waals surface area contributed by atoms with Gasteiger partial charge in [0.2, 0.25) is 0 Å². The first-order valence-electron chi connectivity index (χ1n) is 9.05. The normalized spacial score (nSPS) is 22.9. The van der Waals surface area contributed by atoms with Gasteiger partial charge in [-0.05, 0) is 43.3 Å². The lowest BCUT2D eigenvalue weighted by atomic mass is 9.88. The SMILES string of the molecule is CN(Cc1ccccc1)C[C@@]1(O)CN(C(=O)c2ccc(Cl)cc2)CC[C@@H]1O. The van der Waals surface area contributed by atoms with Gasteiger partial charge in [0.15, 0.2) is 0 Å². The number of benzene rings is 2. The zero-order chi connectivity index (χ0) is 19.4. The first kappa shape index (κ1) is 19.8. The fraction of sp³-hybridized carbons (Fsp3) is 0.381. The first-order valence-corrected chi connectivity index (χ1v) is 9.43.